The lowest BCUT2D eigenvalue weighted by molar-refractivity contribution is 0.393. The number of rotatable bonds is 4. The van der Waals surface area contributed by atoms with Gasteiger partial charge in [-0.2, -0.15) is 0 Å². The summed E-state index contributed by atoms with van der Waals surface area (Å²) in [5, 5.41) is 0. The summed E-state index contributed by atoms with van der Waals surface area (Å²) in [5.74, 6) is 0. The van der Waals surface area contributed by atoms with Crippen LogP contribution in [0, 0.1) is 0 Å². The minimum Gasteiger partial charge on any atom is -0.420 e. The Labute approximate surface area is 59.5 Å². The van der Waals surface area contributed by atoms with E-state index in [1.54, 1.807) is 0 Å². The van der Waals surface area contributed by atoms with Crippen LogP contribution in [0.4, 0.5) is 0 Å². The largest absolute Gasteiger partial charge is 0.420 e. The fourth-order valence-electron chi connectivity index (χ4n) is 1.18. The molecule has 0 aliphatic heterocycles. The smallest absolute Gasteiger partial charge is 0.191 e. The van der Waals surface area contributed by atoms with Crippen LogP contribution in [0.2, 0.25) is 18.1 Å². The first kappa shape index (κ1) is 9.18. The normalized spacial score (nSPS) is 12.0. The molecule has 0 unspecified atom stereocenters. The molecule has 0 aromatic carbocycles. The maximum Gasteiger partial charge on any atom is 0.191 e. The van der Waals surface area contributed by atoms with Gasteiger partial charge in [-0.3, -0.25) is 0 Å². The van der Waals surface area contributed by atoms with E-state index in [0.717, 1.165) is 0 Å². The van der Waals surface area contributed by atoms with Crippen LogP contribution in [0.3, 0.4) is 0 Å². The molecular formula is C7H18OSi. The van der Waals surface area contributed by atoms with E-state index in [0.29, 0.717) is 0 Å². The van der Waals surface area contributed by atoms with Crippen LogP contribution in [-0.2, 0) is 4.43 Å². The summed E-state index contributed by atoms with van der Waals surface area (Å²) in [6.45, 7) is 6.72. The minimum atomic E-state index is -1.19. The molecule has 0 atom stereocenters. The third-order valence-corrected chi connectivity index (χ3v) is 7.10. The van der Waals surface area contributed by atoms with E-state index in [2.05, 4.69) is 20.8 Å². The maximum absolute atomic E-state index is 5.52. The predicted molar refractivity (Wildman–Crippen MR) is 44.2 cm³/mol. The zero-order chi connectivity index (χ0) is 7.33. The lowest BCUT2D eigenvalue weighted by Crippen LogP contribution is -2.33. The van der Waals surface area contributed by atoms with Crippen molar-refractivity contribution in [2.24, 2.45) is 0 Å². The van der Waals surface area contributed by atoms with Gasteiger partial charge in [-0.15, -0.1) is 0 Å². The SMILES string of the molecule is CC[Si](CC)(CC)OC. The molecule has 0 amide bonds. The van der Waals surface area contributed by atoms with Gasteiger partial charge in [0.1, 0.15) is 0 Å². The highest BCUT2D eigenvalue weighted by molar-refractivity contribution is 6.73. The highest BCUT2D eigenvalue weighted by Crippen LogP contribution is 2.19. The first-order valence-corrected chi connectivity index (χ1v) is 6.32. The Balaban J connectivity index is 3.82. The van der Waals surface area contributed by atoms with Gasteiger partial charge in [-0.1, -0.05) is 20.8 Å². The van der Waals surface area contributed by atoms with Gasteiger partial charge < -0.3 is 4.43 Å². The Morgan fingerprint density at radius 2 is 1.33 bits per heavy atom. The van der Waals surface area contributed by atoms with Crippen LogP contribution < -0.4 is 0 Å². The Morgan fingerprint density at radius 1 is 1.00 bits per heavy atom. The van der Waals surface area contributed by atoms with E-state index in [4.69, 9.17) is 4.43 Å². The standard InChI is InChI=1S/C7H18OSi/c1-5-9(6-2,7-3)8-4/h5-7H2,1-4H3. The van der Waals surface area contributed by atoms with Gasteiger partial charge in [0.25, 0.3) is 0 Å². The molecule has 0 bridgehead atoms. The average Bonchev–Trinajstić information content (AvgIpc) is 1.95. The first-order valence-electron chi connectivity index (χ1n) is 3.79. The molecular weight excluding hydrogens is 128 g/mol. The molecule has 0 fully saturated rings. The molecule has 2 heteroatoms. The van der Waals surface area contributed by atoms with E-state index in [1.807, 2.05) is 7.11 Å². The summed E-state index contributed by atoms with van der Waals surface area (Å²) in [7, 11) is 0.672. The molecule has 0 aromatic rings. The first-order chi connectivity index (χ1) is 4.24. The van der Waals surface area contributed by atoms with Crippen LogP contribution in [0.15, 0.2) is 0 Å². The second-order valence-corrected chi connectivity index (χ2v) is 7.34. The summed E-state index contributed by atoms with van der Waals surface area (Å²) in [5.41, 5.74) is 0. The quantitative estimate of drug-likeness (QED) is 0.554. The number of hydrogen-bond donors (Lipinski definition) is 0. The Morgan fingerprint density at radius 3 is 1.33 bits per heavy atom. The third-order valence-electron chi connectivity index (χ3n) is 2.37. The van der Waals surface area contributed by atoms with Gasteiger partial charge in [-0.25, -0.2) is 0 Å². The molecule has 1 nitrogen and oxygen atoms in total. The van der Waals surface area contributed by atoms with Gasteiger partial charge >= 0.3 is 0 Å². The fourth-order valence-corrected chi connectivity index (χ4v) is 3.55. The molecule has 0 N–H and O–H groups in total. The van der Waals surface area contributed by atoms with Gasteiger partial charge in [-0.05, 0) is 18.1 Å². The van der Waals surface area contributed by atoms with Crippen LogP contribution in [0.1, 0.15) is 20.8 Å². The van der Waals surface area contributed by atoms with Gasteiger partial charge in [0.15, 0.2) is 8.32 Å². The summed E-state index contributed by atoms with van der Waals surface area (Å²) in [6.07, 6.45) is 0. The Hall–Kier alpha value is 0.177. The molecule has 0 rings (SSSR count). The van der Waals surface area contributed by atoms with Crippen molar-refractivity contribution >= 4 is 8.32 Å². The third kappa shape index (κ3) is 2.10. The molecule has 0 aliphatic rings. The van der Waals surface area contributed by atoms with Crippen LogP contribution in [0.5, 0.6) is 0 Å². The fraction of sp³-hybridized carbons (Fsp3) is 1.00. The van der Waals surface area contributed by atoms with Crippen molar-refractivity contribution in [2.45, 2.75) is 38.9 Å². The van der Waals surface area contributed by atoms with E-state index in [1.165, 1.54) is 18.1 Å². The Bertz CT molecular complexity index is 51.8. The van der Waals surface area contributed by atoms with E-state index < -0.39 is 8.32 Å². The molecule has 0 aliphatic carbocycles. The molecule has 0 heterocycles. The monoisotopic (exact) mass is 146 g/mol. The average molecular weight is 146 g/mol. The lowest BCUT2D eigenvalue weighted by Gasteiger charge is -2.24. The second kappa shape index (κ2) is 4.07. The molecule has 0 radical (unpaired) electrons. The summed E-state index contributed by atoms with van der Waals surface area (Å²) < 4.78 is 5.52. The van der Waals surface area contributed by atoms with Crippen molar-refractivity contribution < 1.29 is 4.43 Å². The number of hydrogen-bond acceptors (Lipinski definition) is 1. The van der Waals surface area contributed by atoms with Crippen LogP contribution >= 0.6 is 0 Å². The van der Waals surface area contributed by atoms with Gasteiger partial charge in [0.2, 0.25) is 0 Å². The van der Waals surface area contributed by atoms with Gasteiger partial charge in [0.05, 0.1) is 0 Å². The summed E-state index contributed by atoms with van der Waals surface area (Å²) >= 11 is 0. The van der Waals surface area contributed by atoms with E-state index >= 15 is 0 Å². The molecule has 9 heavy (non-hydrogen) atoms. The van der Waals surface area contributed by atoms with Crippen molar-refractivity contribution in [3.63, 3.8) is 0 Å². The highest BCUT2D eigenvalue weighted by Gasteiger charge is 2.26. The van der Waals surface area contributed by atoms with Gasteiger partial charge in [0, 0.05) is 7.11 Å². The summed E-state index contributed by atoms with van der Waals surface area (Å²) in [6, 6.07) is 3.78. The Kier molecular flexibility index (Phi) is 4.15. The van der Waals surface area contributed by atoms with Crippen molar-refractivity contribution in [2.75, 3.05) is 7.11 Å². The van der Waals surface area contributed by atoms with Crippen molar-refractivity contribution in [1.82, 2.24) is 0 Å². The summed E-state index contributed by atoms with van der Waals surface area (Å²) in [4.78, 5) is 0. The molecule has 0 aromatic heterocycles. The second-order valence-electron chi connectivity index (χ2n) is 2.45. The van der Waals surface area contributed by atoms with Crippen molar-refractivity contribution in [3.05, 3.63) is 0 Å². The topological polar surface area (TPSA) is 9.23 Å². The molecule has 0 saturated heterocycles. The van der Waals surface area contributed by atoms with Crippen molar-refractivity contribution in [3.8, 4) is 0 Å². The highest BCUT2D eigenvalue weighted by atomic mass is 28.4. The maximum atomic E-state index is 5.52. The molecule has 56 valence electrons. The minimum absolute atomic E-state index is 1.19. The van der Waals surface area contributed by atoms with Crippen LogP contribution in [-0.4, -0.2) is 15.4 Å². The lowest BCUT2D eigenvalue weighted by atomic mass is 10.9. The molecule has 0 spiro atoms. The van der Waals surface area contributed by atoms with Crippen molar-refractivity contribution in [1.29, 1.82) is 0 Å². The zero-order valence-corrected chi connectivity index (χ0v) is 8.03. The molecule has 0 saturated carbocycles. The van der Waals surface area contributed by atoms with E-state index in [-0.39, 0.29) is 0 Å². The zero-order valence-electron chi connectivity index (χ0n) is 7.03. The predicted octanol–water partition coefficient (Wildman–Crippen LogP) is 2.64. The van der Waals surface area contributed by atoms with E-state index in [9.17, 15) is 0 Å². The van der Waals surface area contributed by atoms with Crippen LogP contribution in [0.25, 0.3) is 0 Å².